The van der Waals surface area contributed by atoms with Crippen molar-refractivity contribution in [3.63, 3.8) is 0 Å². The minimum Gasteiger partial charge on any atom is -0.504 e. The Morgan fingerprint density at radius 3 is 1.73 bits per heavy atom. The Balaban J connectivity index is 1.84. The van der Waals surface area contributed by atoms with E-state index in [4.69, 9.17) is 4.74 Å². The Morgan fingerprint density at radius 2 is 1.27 bits per heavy atom. The average Bonchev–Trinajstić information content (AvgIpc) is 2.77. The lowest BCUT2D eigenvalue weighted by Crippen LogP contribution is -2.67. The molecule has 0 saturated carbocycles. The molecular formula is C20H20O13. The summed E-state index contributed by atoms with van der Waals surface area (Å²) in [7, 11) is 0. The number of aromatic hydroxyl groups is 6. The summed E-state index contributed by atoms with van der Waals surface area (Å²) in [6, 6.07) is 2.80. The van der Waals surface area contributed by atoms with Gasteiger partial charge in [-0.2, -0.15) is 0 Å². The predicted molar refractivity (Wildman–Crippen MR) is 104 cm³/mol. The minimum absolute atomic E-state index is 0.493. The Labute approximate surface area is 184 Å². The maximum atomic E-state index is 12.7. The second kappa shape index (κ2) is 8.38. The van der Waals surface area contributed by atoms with Crippen molar-refractivity contribution >= 4 is 11.6 Å². The molecule has 2 aromatic rings. The van der Waals surface area contributed by atoms with Gasteiger partial charge in [-0.1, -0.05) is 0 Å². The third-order valence-corrected chi connectivity index (χ3v) is 5.30. The van der Waals surface area contributed by atoms with E-state index >= 15 is 0 Å². The predicted octanol–water partition coefficient (Wildman–Crippen LogP) is -1.80. The van der Waals surface area contributed by atoms with Crippen LogP contribution in [0.3, 0.4) is 0 Å². The zero-order chi connectivity index (χ0) is 24.8. The smallest absolute Gasteiger partial charge is 0.200 e. The van der Waals surface area contributed by atoms with E-state index in [1.165, 1.54) is 0 Å². The van der Waals surface area contributed by atoms with Gasteiger partial charge in [-0.15, -0.1) is 0 Å². The number of ketones is 2. The molecule has 1 heterocycles. The zero-order valence-corrected chi connectivity index (χ0v) is 16.5. The molecule has 1 fully saturated rings. The largest absolute Gasteiger partial charge is 0.504 e. The van der Waals surface area contributed by atoms with Gasteiger partial charge >= 0.3 is 0 Å². The Hall–Kier alpha value is -3.62. The number of aliphatic hydroxyl groups is 4. The first-order chi connectivity index (χ1) is 15.3. The third kappa shape index (κ3) is 3.99. The molecule has 13 heteroatoms. The Kier molecular flexibility index (Phi) is 6.10. The van der Waals surface area contributed by atoms with Crippen molar-refractivity contribution in [3.05, 3.63) is 35.4 Å². The van der Waals surface area contributed by atoms with Gasteiger partial charge in [0, 0.05) is 11.1 Å². The van der Waals surface area contributed by atoms with E-state index in [1.54, 1.807) is 0 Å². The lowest BCUT2D eigenvalue weighted by atomic mass is 9.80. The molecule has 1 saturated heterocycles. The van der Waals surface area contributed by atoms with E-state index in [-0.39, 0.29) is 0 Å². The molecule has 0 radical (unpaired) electrons. The molecule has 1 aliphatic rings. The fraction of sp³-hybridized carbons (Fsp3) is 0.300. The van der Waals surface area contributed by atoms with E-state index < -0.39 is 93.8 Å². The second-order valence-electron chi connectivity index (χ2n) is 7.50. The quantitative estimate of drug-likeness (QED) is 0.172. The number of phenolic OH excluding ortho intramolecular Hbond substituents is 6. The number of rotatable bonds is 5. The van der Waals surface area contributed by atoms with E-state index in [2.05, 4.69) is 0 Å². The van der Waals surface area contributed by atoms with Crippen LogP contribution >= 0.6 is 0 Å². The van der Waals surface area contributed by atoms with Gasteiger partial charge in [0.25, 0.3) is 0 Å². The first kappa shape index (κ1) is 24.0. The maximum Gasteiger partial charge on any atom is 0.200 e. The lowest BCUT2D eigenvalue weighted by Gasteiger charge is -2.43. The lowest BCUT2D eigenvalue weighted by molar-refractivity contribution is -0.228. The number of carbonyl (C=O) groups is 2. The molecule has 3 rings (SSSR count). The average molecular weight is 468 g/mol. The summed E-state index contributed by atoms with van der Waals surface area (Å²) in [5.41, 5.74) is -3.90. The first-order valence-corrected chi connectivity index (χ1v) is 9.26. The molecule has 0 bridgehead atoms. The number of carbonyl (C=O) groups excluding carboxylic acids is 2. The van der Waals surface area contributed by atoms with Gasteiger partial charge in [-0.25, -0.2) is 0 Å². The first-order valence-electron chi connectivity index (χ1n) is 9.26. The maximum absolute atomic E-state index is 12.7. The monoisotopic (exact) mass is 468 g/mol. The number of benzene rings is 2. The van der Waals surface area contributed by atoms with E-state index in [0.29, 0.717) is 12.1 Å². The summed E-state index contributed by atoms with van der Waals surface area (Å²) >= 11 is 0. The van der Waals surface area contributed by atoms with Crippen molar-refractivity contribution < 1.29 is 65.4 Å². The van der Waals surface area contributed by atoms with Gasteiger partial charge in [-0.3, -0.25) is 9.59 Å². The molecule has 0 aliphatic carbocycles. The summed E-state index contributed by atoms with van der Waals surface area (Å²) in [4.78, 5) is 25.2. The van der Waals surface area contributed by atoms with Gasteiger partial charge in [0.1, 0.15) is 24.4 Å². The highest BCUT2D eigenvalue weighted by Gasteiger charge is 2.55. The summed E-state index contributed by atoms with van der Waals surface area (Å²) in [5, 5.41) is 98.7. The summed E-state index contributed by atoms with van der Waals surface area (Å²) in [5.74, 6) is -7.96. The molecule has 1 aliphatic heterocycles. The molecule has 10 N–H and O–H groups in total. The number of aliphatic hydroxyl groups excluding tert-OH is 3. The van der Waals surface area contributed by atoms with E-state index in [1.807, 2.05) is 0 Å². The Morgan fingerprint density at radius 1 is 0.848 bits per heavy atom. The van der Waals surface area contributed by atoms with Crippen LogP contribution in [0.5, 0.6) is 34.5 Å². The highest BCUT2D eigenvalue weighted by Crippen LogP contribution is 2.39. The molecular weight excluding hydrogens is 448 g/mol. The second-order valence-corrected chi connectivity index (χ2v) is 7.50. The van der Waals surface area contributed by atoms with Crippen molar-refractivity contribution in [3.8, 4) is 34.5 Å². The number of hydrogen-bond donors (Lipinski definition) is 10. The molecule has 178 valence electrons. The fourth-order valence-corrected chi connectivity index (χ4v) is 3.40. The van der Waals surface area contributed by atoms with Gasteiger partial charge in [0.2, 0.25) is 0 Å². The van der Waals surface area contributed by atoms with E-state index in [9.17, 15) is 60.7 Å². The molecule has 13 nitrogen and oxygen atoms in total. The normalized spacial score (nSPS) is 26.0. The summed E-state index contributed by atoms with van der Waals surface area (Å²) in [6.07, 6.45) is -8.63. The molecule has 0 aromatic heterocycles. The number of ether oxygens (including phenoxy) is 1. The number of Topliss-reactive ketones (excluding diaryl/α,β-unsaturated/α-hetero) is 2. The minimum atomic E-state index is -2.84. The summed E-state index contributed by atoms with van der Waals surface area (Å²) in [6.45, 7) is -1.05. The number of phenols is 6. The van der Waals surface area contributed by atoms with Gasteiger partial charge < -0.3 is 55.8 Å². The molecule has 0 amide bonds. The standard InChI is InChI=1S/C20H20O13/c21-8-1-6(2-9(22)13(8)26)12(25)15(28)17-16(29)19(31)20(32,5-33-17)18(30)7-3-10(23)14(27)11(24)4-7/h1-4,15-17,19,21-24,26-29,31-32H,5H2/t15?,16-,17-,19+,20-/m1/s1. The molecule has 0 spiro atoms. The number of hydrogen-bond acceptors (Lipinski definition) is 13. The van der Waals surface area contributed by atoms with E-state index in [0.717, 1.165) is 12.1 Å². The highest BCUT2D eigenvalue weighted by molar-refractivity contribution is 6.04. The highest BCUT2D eigenvalue weighted by atomic mass is 16.5. The molecule has 5 atom stereocenters. The van der Waals surface area contributed by atoms with Crippen LogP contribution in [0.2, 0.25) is 0 Å². The topological polar surface area (TPSA) is 246 Å². The van der Waals surface area contributed by atoms with Crippen LogP contribution in [0.1, 0.15) is 20.7 Å². The molecule has 2 aromatic carbocycles. The van der Waals surface area contributed by atoms with Gasteiger partial charge in [-0.05, 0) is 24.3 Å². The van der Waals surface area contributed by atoms with Crippen LogP contribution in [0.25, 0.3) is 0 Å². The molecule has 33 heavy (non-hydrogen) atoms. The Bertz CT molecular complexity index is 1070. The van der Waals surface area contributed by atoms with Gasteiger partial charge in [0.15, 0.2) is 51.7 Å². The van der Waals surface area contributed by atoms with Gasteiger partial charge in [0.05, 0.1) is 6.61 Å². The molecule has 1 unspecified atom stereocenters. The zero-order valence-electron chi connectivity index (χ0n) is 16.5. The van der Waals surface area contributed by atoms with Crippen molar-refractivity contribution in [1.82, 2.24) is 0 Å². The van der Waals surface area contributed by atoms with Crippen LogP contribution in [-0.2, 0) is 4.74 Å². The van der Waals surface area contributed by atoms with Crippen molar-refractivity contribution in [2.24, 2.45) is 0 Å². The van der Waals surface area contributed by atoms with Crippen molar-refractivity contribution in [1.29, 1.82) is 0 Å². The van der Waals surface area contributed by atoms with Crippen LogP contribution in [0.15, 0.2) is 24.3 Å². The summed E-state index contributed by atoms with van der Waals surface area (Å²) < 4.78 is 5.09. The van der Waals surface area contributed by atoms with Crippen LogP contribution < -0.4 is 0 Å². The SMILES string of the molecule is O=C(c1cc(O)c(O)c(O)c1)C(O)[C@H]1OC[C@@](O)(C(=O)c2cc(O)c(O)c(O)c2)[C@@H](O)[C@@H]1O. The van der Waals surface area contributed by atoms with Crippen LogP contribution in [0, 0.1) is 0 Å². The fourth-order valence-electron chi connectivity index (χ4n) is 3.40. The third-order valence-electron chi connectivity index (χ3n) is 5.30. The van der Waals surface area contributed by atoms with Crippen LogP contribution in [0.4, 0.5) is 0 Å². The van der Waals surface area contributed by atoms with Crippen LogP contribution in [-0.4, -0.2) is 99.3 Å². The van der Waals surface area contributed by atoms with Crippen molar-refractivity contribution in [2.45, 2.75) is 30.0 Å². The van der Waals surface area contributed by atoms with Crippen molar-refractivity contribution in [2.75, 3.05) is 6.61 Å².